The van der Waals surface area contributed by atoms with Crippen molar-refractivity contribution in [1.82, 2.24) is 4.98 Å². The van der Waals surface area contributed by atoms with Gasteiger partial charge in [0, 0.05) is 13.0 Å². The number of nitrogens with one attached hydrogen (secondary N) is 1. The van der Waals surface area contributed by atoms with Crippen LogP contribution >= 0.6 is 0 Å². The van der Waals surface area contributed by atoms with Gasteiger partial charge < -0.3 is 15.8 Å². The molecule has 2 aromatic rings. The molecule has 0 radical (unpaired) electrons. The molecule has 5 nitrogen and oxygen atoms in total. The average molecular weight is 243 g/mol. The Morgan fingerprint density at radius 2 is 2.00 bits per heavy atom. The Morgan fingerprint density at radius 1 is 1.22 bits per heavy atom. The molecule has 0 saturated carbocycles. The second kappa shape index (κ2) is 5.18. The van der Waals surface area contributed by atoms with E-state index in [1.54, 1.807) is 30.3 Å². The van der Waals surface area contributed by atoms with Crippen LogP contribution in [-0.4, -0.2) is 10.9 Å². The quantitative estimate of drug-likeness (QED) is 0.867. The number of carbonyl (C=O) groups is 1. The standard InChI is InChI=1S/C13H13N3O2/c1-9(17)15-10-5-2-3-6-11(10)18-13-8-4-7-12(14)16-13/h2-8H,1H3,(H2,14,16)(H,15,17). The first-order valence-electron chi connectivity index (χ1n) is 5.42. The highest BCUT2D eigenvalue weighted by Gasteiger charge is 2.06. The summed E-state index contributed by atoms with van der Waals surface area (Å²) in [4.78, 5) is 15.1. The Labute approximate surface area is 105 Å². The van der Waals surface area contributed by atoms with Crippen LogP contribution in [0.15, 0.2) is 42.5 Å². The molecule has 0 atom stereocenters. The highest BCUT2D eigenvalue weighted by atomic mass is 16.5. The third kappa shape index (κ3) is 2.98. The van der Waals surface area contributed by atoms with Crippen molar-refractivity contribution in [3.63, 3.8) is 0 Å². The van der Waals surface area contributed by atoms with E-state index in [2.05, 4.69) is 10.3 Å². The van der Waals surface area contributed by atoms with Gasteiger partial charge in [-0.05, 0) is 18.2 Å². The van der Waals surface area contributed by atoms with Crippen LogP contribution in [0.3, 0.4) is 0 Å². The molecule has 92 valence electrons. The molecule has 1 aromatic carbocycles. The van der Waals surface area contributed by atoms with E-state index in [0.717, 1.165) is 0 Å². The number of pyridine rings is 1. The van der Waals surface area contributed by atoms with Gasteiger partial charge in [-0.15, -0.1) is 0 Å². The predicted octanol–water partition coefficient (Wildman–Crippen LogP) is 2.41. The summed E-state index contributed by atoms with van der Waals surface area (Å²) in [5.74, 6) is 1.12. The number of carbonyl (C=O) groups excluding carboxylic acids is 1. The smallest absolute Gasteiger partial charge is 0.221 e. The van der Waals surface area contributed by atoms with Gasteiger partial charge in [0.25, 0.3) is 0 Å². The first-order valence-corrected chi connectivity index (χ1v) is 5.42. The lowest BCUT2D eigenvalue weighted by Gasteiger charge is -2.10. The molecule has 0 aliphatic heterocycles. The highest BCUT2D eigenvalue weighted by Crippen LogP contribution is 2.28. The van der Waals surface area contributed by atoms with E-state index < -0.39 is 0 Å². The largest absolute Gasteiger partial charge is 0.437 e. The van der Waals surface area contributed by atoms with E-state index >= 15 is 0 Å². The molecule has 0 spiro atoms. The molecule has 1 heterocycles. The lowest BCUT2D eigenvalue weighted by atomic mass is 10.3. The van der Waals surface area contributed by atoms with Gasteiger partial charge in [-0.3, -0.25) is 4.79 Å². The molecule has 0 unspecified atom stereocenters. The molecule has 1 aromatic heterocycles. The Kier molecular flexibility index (Phi) is 3.43. The Hall–Kier alpha value is -2.56. The average Bonchev–Trinajstić information content (AvgIpc) is 2.31. The number of benzene rings is 1. The summed E-state index contributed by atoms with van der Waals surface area (Å²) in [6, 6.07) is 12.2. The SMILES string of the molecule is CC(=O)Nc1ccccc1Oc1cccc(N)n1. The van der Waals surface area contributed by atoms with Crippen molar-refractivity contribution in [3.8, 4) is 11.6 Å². The van der Waals surface area contributed by atoms with Crippen molar-refractivity contribution >= 4 is 17.4 Å². The summed E-state index contributed by atoms with van der Waals surface area (Å²) in [7, 11) is 0. The zero-order valence-corrected chi connectivity index (χ0v) is 9.88. The monoisotopic (exact) mass is 243 g/mol. The van der Waals surface area contributed by atoms with Crippen molar-refractivity contribution < 1.29 is 9.53 Å². The maximum absolute atomic E-state index is 11.1. The van der Waals surface area contributed by atoms with E-state index in [1.807, 2.05) is 12.1 Å². The minimum Gasteiger partial charge on any atom is -0.437 e. The van der Waals surface area contributed by atoms with Crippen molar-refractivity contribution in [1.29, 1.82) is 0 Å². The van der Waals surface area contributed by atoms with E-state index in [4.69, 9.17) is 10.5 Å². The van der Waals surface area contributed by atoms with E-state index in [0.29, 0.717) is 23.1 Å². The van der Waals surface area contributed by atoms with Gasteiger partial charge in [0.1, 0.15) is 5.82 Å². The predicted molar refractivity (Wildman–Crippen MR) is 69.5 cm³/mol. The molecule has 0 aliphatic rings. The van der Waals surface area contributed by atoms with E-state index in [1.165, 1.54) is 6.92 Å². The molecule has 1 amide bonds. The summed E-state index contributed by atoms with van der Waals surface area (Å²) in [6.07, 6.45) is 0. The van der Waals surface area contributed by atoms with Crippen molar-refractivity contribution in [3.05, 3.63) is 42.5 Å². The van der Waals surface area contributed by atoms with Crippen LogP contribution in [0.4, 0.5) is 11.5 Å². The first-order chi connectivity index (χ1) is 8.65. The number of amides is 1. The summed E-state index contributed by atoms with van der Waals surface area (Å²) in [5, 5.41) is 2.69. The van der Waals surface area contributed by atoms with Crippen LogP contribution in [0.1, 0.15) is 6.92 Å². The van der Waals surface area contributed by atoms with E-state index in [9.17, 15) is 4.79 Å². The molecular weight excluding hydrogens is 230 g/mol. The Balaban J connectivity index is 2.26. The molecule has 2 rings (SSSR count). The lowest BCUT2D eigenvalue weighted by molar-refractivity contribution is -0.114. The molecule has 5 heteroatoms. The van der Waals surface area contributed by atoms with Gasteiger partial charge in [-0.2, -0.15) is 4.98 Å². The third-order valence-corrected chi connectivity index (χ3v) is 2.16. The maximum Gasteiger partial charge on any atom is 0.221 e. The lowest BCUT2D eigenvalue weighted by Crippen LogP contribution is -2.07. The number of ether oxygens (including phenoxy) is 1. The van der Waals surface area contributed by atoms with Gasteiger partial charge in [0.15, 0.2) is 5.75 Å². The fourth-order valence-corrected chi connectivity index (χ4v) is 1.45. The first kappa shape index (κ1) is 11.9. The maximum atomic E-state index is 11.1. The van der Waals surface area contributed by atoms with E-state index in [-0.39, 0.29) is 5.91 Å². The molecule has 18 heavy (non-hydrogen) atoms. The number of hydrogen-bond acceptors (Lipinski definition) is 4. The number of anilines is 2. The number of nitrogens with zero attached hydrogens (tertiary/aromatic N) is 1. The van der Waals surface area contributed by atoms with Crippen molar-refractivity contribution in [2.45, 2.75) is 6.92 Å². The number of nitrogens with two attached hydrogens (primary N) is 1. The Bertz CT molecular complexity index is 570. The summed E-state index contributed by atoms with van der Waals surface area (Å²) < 4.78 is 5.59. The van der Waals surface area contributed by atoms with Gasteiger partial charge in [0.2, 0.25) is 11.8 Å². The minimum atomic E-state index is -0.161. The molecule has 0 fully saturated rings. The minimum absolute atomic E-state index is 0.161. The number of hydrogen-bond donors (Lipinski definition) is 2. The molecular formula is C13H13N3O2. The fraction of sp³-hybridized carbons (Fsp3) is 0.0769. The van der Waals surface area contributed by atoms with Crippen molar-refractivity contribution in [2.75, 3.05) is 11.1 Å². The van der Waals surface area contributed by atoms with Crippen molar-refractivity contribution in [2.24, 2.45) is 0 Å². The molecule has 3 N–H and O–H groups in total. The van der Waals surface area contributed by atoms with Crippen LogP contribution in [0.2, 0.25) is 0 Å². The van der Waals surface area contributed by atoms with Crippen LogP contribution < -0.4 is 15.8 Å². The number of nitrogen functional groups attached to an aromatic ring is 1. The number of rotatable bonds is 3. The van der Waals surface area contributed by atoms with Gasteiger partial charge >= 0.3 is 0 Å². The van der Waals surface area contributed by atoms with Crippen LogP contribution in [0.5, 0.6) is 11.6 Å². The zero-order valence-electron chi connectivity index (χ0n) is 9.88. The van der Waals surface area contributed by atoms with Gasteiger partial charge in [-0.1, -0.05) is 18.2 Å². The Morgan fingerprint density at radius 3 is 2.72 bits per heavy atom. The van der Waals surface area contributed by atoms with Crippen LogP contribution in [0.25, 0.3) is 0 Å². The molecule has 0 saturated heterocycles. The van der Waals surface area contributed by atoms with Gasteiger partial charge in [0.05, 0.1) is 5.69 Å². The second-order valence-electron chi connectivity index (χ2n) is 3.68. The second-order valence-corrected chi connectivity index (χ2v) is 3.68. The summed E-state index contributed by atoms with van der Waals surface area (Å²) >= 11 is 0. The number of aromatic nitrogens is 1. The zero-order chi connectivity index (χ0) is 13.0. The molecule has 0 aliphatic carbocycles. The molecule has 0 bridgehead atoms. The number of para-hydroxylation sites is 2. The highest BCUT2D eigenvalue weighted by molar-refractivity contribution is 5.90. The van der Waals surface area contributed by atoms with Crippen LogP contribution in [-0.2, 0) is 4.79 Å². The topological polar surface area (TPSA) is 77.2 Å². The fourth-order valence-electron chi connectivity index (χ4n) is 1.45. The summed E-state index contributed by atoms with van der Waals surface area (Å²) in [5.41, 5.74) is 6.16. The van der Waals surface area contributed by atoms with Crippen LogP contribution in [0, 0.1) is 0 Å². The summed E-state index contributed by atoms with van der Waals surface area (Å²) in [6.45, 7) is 1.44. The normalized spacial score (nSPS) is 9.83. The van der Waals surface area contributed by atoms with Gasteiger partial charge in [-0.25, -0.2) is 0 Å². The third-order valence-electron chi connectivity index (χ3n) is 2.16.